The van der Waals surface area contributed by atoms with Crippen LogP contribution in [0.25, 0.3) is 0 Å². The molecule has 0 aliphatic carbocycles. The van der Waals surface area contributed by atoms with Gasteiger partial charge in [0.25, 0.3) is 0 Å². The summed E-state index contributed by atoms with van der Waals surface area (Å²) in [4.78, 5) is 0. The molecule has 0 fully saturated rings. The average Bonchev–Trinajstić information content (AvgIpc) is 2.44. The Morgan fingerprint density at radius 3 is 2.81 bits per heavy atom. The molecule has 0 unspecified atom stereocenters. The zero-order valence-corrected chi connectivity index (χ0v) is 12.9. The standard InChI is InChI=1S/C16H15ClFNO.ClH/c17-14-5-11(6-15(18)8-14)10-20-16-2-1-12-3-4-19-9-13(12)7-16;/h1-2,5-8,19H,3-4,9-10H2;1H. The van der Waals surface area contributed by atoms with E-state index < -0.39 is 0 Å². The van der Waals surface area contributed by atoms with Crippen LogP contribution in [0.4, 0.5) is 4.39 Å². The van der Waals surface area contributed by atoms with Crippen molar-refractivity contribution in [2.24, 2.45) is 0 Å². The summed E-state index contributed by atoms with van der Waals surface area (Å²) in [6.45, 7) is 2.21. The van der Waals surface area contributed by atoms with Gasteiger partial charge in [-0.3, -0.25) is 0 Å². The largest absolute Gasteiger partial charge is 0.489 e. The number of hydrogen-bond acceptors (Lipinski definition) is 2. The fourth-order valence-corrected chi connectivity index (χ4v) is 2.65. The normalized spacial score (nSPS) is 13.2. The van der Waals surface area contributed by atoms with Gasteiger partial charge >= 0.3 is 0 Å². The topological polar surface area (TPSA) is 21.3 Å². The quantitative estimate of drug-likeness (QED) is 0.915. The van der Waals surface area contributed by atoms with Crippen LogP contribution in [0.5, 0.6) is 5.75 Å². The second-order valence-electron chi connectivity index (χ2n) is 4.92. The first kappa shape index (κ1) is 16.1. The molecule has 0 radical (unpaired) electrons. The van der Waals surface area contributed by atoms with Crippen molar-refractivity contribution in [2.45, 2.75) is 19.6 Å². The van der Waals surface area contributed by atoms with Crippen molar-refractivity contribution in [3.8, 4) is 5.75 Å². The van der Waals surface area contributed by atoms with E-state index >= 15 is 0 Å². The van der Waals surface area contributed by atoms with Crippen LogP contribution in [0.3, 0.4) is 0 Å². The van der Waals surface area contributed by atoms with Crippen molar-refractivity contribution in [1.82, 2.24) is 5.32 Å². The Labute approximate surface area is 134 Å². The minimum Gasteiger partial charge on any atom is -0.489 e. The first-order chi connectivity index (χ1) is 9.70. The Kier molecular flexibility index (Phi) is 5.45. The average molecular weight is 328 g/mol. The van der Waals surface area contributed by atoms with Gasteiger partial charge in [0.2, 0.25) is 0 Å². The molecular formula is C16H16Cl2FNO. The number of hydrogen-bond donors (Lipinski definition) is 1. The highest BCUT2D eigenvalue weighted by Crippen LogP contribution is 2.22. The maximum atomic E-state index is 13.2. The van der Waals surface area contributed by atoms with E-state index in [1.54, 1.807) is 6.07 Å². The van der Waals surface area contributed by atoms with Crippen molar-refractivity contribution in [2.75, 3.05) is 6.54 Å². The Morgan fingerprint density at radius 1 is 1.14 bits per heavy atom. The van der Waals surface area contributed by atoms with Gasteiger partial charge in [-0.05, 0) is 60.0 Å². The fourth-order valence-electron chi connectivity index (χ4n) is 2.41. The van der Waals surface area contributed by atoms with Crippen LogP contribution < -0.4 is 10.1 Å². The molecule has 21 heavy (non-hydrogen) atoms. The van der Waals surface area contributed by atoms with Gasteiger partial charge in [-0.1, -0.05) is 17.7 Å². The minimum atomic E-state index is -0.342. The highest BCUT2D eigenvalue weighted by Gasteiger charge is 2.09. The molecule has 2 nitrogen and oxygen atoms in total. The second kappa shape index (κ2) is 7.12. The van der Waals surface area contributed by atoms with E-state index in [2.05, 4.69) is 11.4 Å². The van der Waals surface area contributed by atoms with Gasteiger partial charge in [-0.15, -0.1) is 12.4 Å². The van der Waals surface area contributed by atoms with E-state index in [0.29, 0.717) is 11.6 Å². The Hall–Kier alpha value is -1.29. The second-order valence-corrected chi connectivity index (χ2v) is 5.36. The molecule has 0 saturated heterocycles. The summed E-state index contributed by atoms with van der Waals surface area (Å²) >= 11 is 5.82. The highest BCUT2D eigenvalue weighted by atomic mass is 35.5. The van der Waals surface area contributed by atoms with Gasteiger partial charge < -0.3 is 10.1 Å². The molecule has 1 aliphatic rings. The zero-order chi connectivity index (χ0) is 13.9. The number of nitrogens with one attached hydrogen (secondary N) is 1. The number of benzene rings is 2. The van der Waals surface area contributed by atoms with Crippen molar-refractivity contribution in [1.29, 1.82) is 0 Å². The van der Waals surface area contributed by atoms with Crippen molar-refractivity contribution in [3.05, 3.63) is 63.9 Å². The summed E-state index contributed by atoms with van der Waals surface area (Å²) in [7, 11) is 0. The summed E-state index contributed by atoms with van der Waals surface area (Å²) < 4.78 is 18.9. The summed E-state index contributed by atoms with van der Waals surface area (Å²) in [5.74, 6) is 0.457. The van der Waals surface area contributed by atoms with Crippen LogP contribution in [0, 0.1) is 5.82 Å². The van der Waals surface area contributed by atoms with Crippen LogP contribution in [0.2, 0.25) is 5.02 Å². The monoisotopic (exact) mass is 327 g/mol. The van der Waals surface area contributed by atoms with E-state index in [-0.39, 0.29) is 18.2 Å². The van der Waals surface area contributed by atoms with E-state index in [0.717, 1.165) is 30.8 Å². The van der Waals surface area contributed by atoms with Gasteiger partial charge in [0, 0.05) is 11.6 Å². The predicted molar refractivity (Wildman–Crippen MR) is 84.8 cm³/mol. The molecule has 3 rings (SSSR count). The summed E-state index contributed by atoms with van der Waals surface area (Å²) in [5, 5.41) is 3.72. The molecule has 112 valence electrons. The molecule has 1 N–H and O–H groups in total. The molecule has 0 amide bonds. The zero-order valence-electron chi connectivity index (χ0n) is 11.4. The van der Waals surface area contributed by atoms with E-state index in [1.165, 1.54) is 23.3 Å². The maximum Gasteiger partial charge on any atom is 0.125 e. The van der Waals surface area contributed by atoms with Crippen molar-refractivity contribution >= 4 is 24.0 Å². The SMILES string of the molecule is Cl.Fc1cc(Cl)cc(COc2ccc3c(c2)CNCC3)c1. The molecular weight excluding hydrogens is 312 g/mol. The van der Waals surface area contributed by atoms with Gasteiger partial charge in [0.1, 0.15) is 18.2 Å². The summed E-state index contributed by atoms with van der Waals surface area (Å²) in [5.41, 5.74) is 3.36. The van der Waals surface area contributed by atoms with Crippen molar-refractivity contribution < 1.29 is 9.13 Å². The van der Waals surface area contributed by atoms with Crippen LogP contribution in [-0.2, 0) is 19.6 Å². The maximum absolute atomic E-state index is 13.2. The number of fused-ring (bicyclic) bond motifs is 1. The van der Waals surface area contributed by atoms with Crippen LogP contribution in [0.1, 0.15) is 16.7 Å². The van der Waals surface area contributed by atoms with E-state index in [4.69, 9.17) is 16.3 Å². The predicted octanol–water partition coefficient (Wildman–Crippen LogP) is 4.13. The van der Waals surface area contributed by atoms with E-state index in [1.807, 2.05) is 12.1 Å². The summed E-state index contributed by atoms with van der Waals surface area (Å²) in [6.07, 6.45) is 1.05. The Morgan fingerprint density at radius 2 is 2.00 bits per heavy atom. The van der Waals surface area contributed by atoms with Gasteiger partial charge in [-0.2, -0.15) is 0 Å². The van der Waals surface area contributed by atoms with Gasteiger partial charge in [0.05, 0.1) is 0 Å². The molecule has 1 aliphatic heterocycles. The lowest BCUT2D eigenvalue weighted by molar-refractivity contribution is 0.305. The third-order valence-electron chi connectivity index (χ3n) is 3.39. The molecule has 0 atom stereocenters. The third-order valence-corrected chi connectivity index (χ3v) is 3.61. The third kappa shape index (κ3) is 4.10. The summed E-state index contributed by atoms with van der Waals surface area (Å²) in [6, 6.07) is 10.5. The lowest BCUT2D eigenvalue weighted by atomic mass is 10.0. The number of halogens is 3. The Balaban J connectivity index is 0.00000161. The van der Waals surface area contributed by atoms with Crippen LogP contribution in [-0.4, -0.2) is 6.54 Å². The first-order valence-corrected chi connectivity index (χ1v) is 6.99. The fraction of sp³-hybridized carbons (Fsp3) is 0.250. The smallest absolute Gasteiger partial charge is 0.125 e. The number of rotatable bonds is 3. The van der Waals surface area contributed by atoms with Crippen molar-refractivity contribution in [3.63, 3.8) is 0 Å². The molecule has 0 aromatic heterocycles. The molecule has 1 heterocycles. The first-order valence-electron chi connectivity index (χ1n) is 6.61. The minimum absolute atomic E-state index is 0. The molecule has 0 saturated carbocycles. The highest BCUT2D eigenvalue weighted by molar-refractivity contribution is 6.30. The van der Waals surface area contributed by atoms with Crippen LogP contribution >= 0.6 is 24.0 Å². The molecule has 2 aromatic carbocycles. The molecule has 0 bridgehead atoms. The van der Waals surface area contributed by atoms with Gasteiger partial charge in [-0.25, -0.2) is 4.39 Å². The molecule has 0 spiro atoms. The van der Waals surface area contributed by atoms with Crippen LogP contribution in [0.15, 0.2) is 36.4 Å². The molecule has 2 aromatic rings. The lowest BCUT2D eigenvalue weighted by Gasteiger charge is -2.18. The van der Waals surface area contributed by atoms with Gasteiger partial charge in [0.15, 0.2) is 0 Å². The van der Waals surface area contributed by atoms with E-state index in [9.17, 15) is 4.39 Å². The number of ether oxygens (including phenoxy) is 1. The Bertz CT molecular complexity index is 613. The molecule has 5 heteroatoms. The lowest BCUT2D eigenvalue weighted by Crippen LogP contribution is -2.23.